The number of pyridine rings is 1. The molecule has 2 N–H and O–H groups in total. The van der Waals surface area contributed by atoms with E-state index in [1.807, 2.05) is 36.4 Å². The van der Waals surface area contributed by atoms with Gasteiger partial charge in [-0.2, -0.15) is 12.7 Å². The van der Waals surface area contributed by atoms with E-state index in [0.29, 0.717) is 32.1 Å². The Hall–Kier alpha value is -1.70. The molecule has 1 saturated heterocycles. The highest BCUT2D eigenvalue weighted by atomic mass is 32.2. The molecule has 1 unspecified atom stereocenters. The normalized spacial score (nSPS) is 19.5. The second kappa shape index (κ2) is 7.46. The molecule has 0 radical (unpaired) electrons. The molecule has 0 aliphatic carbocycles. The lowest BCUT2D eigenvalue weighted by Crippen LogP contribution is -2.46. The number of piperidine rings is 1. The molecular formula is C17H24N4O2S. The van der Waals surface area contributed by atoms with Gasteiger partial charge in [-0.25, -0.2) is 9.71 Å². The van der Waals surface area contributed by atoms with Crippen LogP contribution in [0.25, 0.3) is 10.9 Å². The number of hydrogen-bond donors (Lipinski definition) is 2. The second-order valence-corrected chi connectivity index (χ2v) is 8.08. The summed E-state index contributed by atoms with van der Waals surface area (Å²) in [6.45, 7) is 4.14. The van der Waals surface area contributed by atoms with Gasteiger partial charge in [0.1, 0.15) is 5.82 Å². The van der Waals surface area contributed by atoms with Crippen LogP contribution in [0.4, 0.5) is 5.82 Å². The van der Waals surface area contributed by atoms with Gasteiger partial charge in [0, 0.05) is 31.6 Å². The molecule has 2 heterocycles. The number of nitrogens with zero attached hydrogens (tertiary/aromatic N) is 2. The van der Waals surface area contributed by atoms with E-state index in [2.05, 4.69) is 21.9 Å². The fraction of sp³-hybridized carbons (Fsp3) is 0.471. The standard InChI is InChI=1S/C17H24N4O2S/c1-14-5-4-12-21(13-14)24(22,23)19-11-10-18-17-9-8-15-6-2-3-7-16(15)20-17/h2-3,6-9,14,19H,4-5,10-13H2,1H3,(H,18,20). The first-order valence-electron chi connectivity index (χ1n) is 8.39. The molecule has 3 rings (SSSR count). The highest BCUT2D eigenvalue weighted by Gasteiger charge is 2.26. The Morgan fingerprint density at radius 3 is 2.88 bits per heavy atom. The van der Waals surface area contributed by atoms with Crippen LogP contribution in [0.1, 0.15) is 19.8 Å². The number of benzene rings is 1. The summed E-state index contributed by atoms with van der Waals surface area (Å²) >= 11 is 0. The molecule has 7 heteroatoms. The molecular weight excluding hydrogens is 324 g/mol. The van der Waals surface area contributed by atoms with Gasteiger partial charge in [0.05, 0.1) is 5.52 Å². The summed E-state index contributed by atoms with van der Waals surface area (Å²) in [5.74, 6) is 1.18. The molecule has 1 aliphatic heterocycles. The Kier molecular flexibility index (Phi) is 5.33. The number of fused-ring (bicyclic) bond motifs is 1. The lowest BCUT2D eigenvalue weighted by atomic mass is 10.0. The predicted octanol–water partition coefficient (Wildman–Crippen LogP) is 2.21. The van der Waals surface area contributed by atoms with E-state index in [1.54, 1.807) is 4.31 Å². The van der Waals surface area contributed by atoms with Crippen molar-refractivity contribution in [3.63, 3.8) is 0 Å². The monoisotopic (exact) mass is 348 g/mol. The van der Waals surface area contributed by atoms with E-state index in [4.69, 9.17) is 0 Å². The van der Waals surface area contributed by atoms with Crippen LogP contribution in [0.2, 0.25) is 0 Å². The van der Waals surface area contributed by atoms with Crippen molar-refractivity contribution in [1.82, 2.24) is 14.0 Å². The van der Waals surface area contributed by atoms with Crippen LogP contribution in [-0.2, 0) is 10.2 Å². The zero-order chi connectivity index (χ0) is 17.0. The number of rotatable bonds is 6. The highest BCUT2D eigenvalue weighted by Crippen LogP contribution is 2.17. The van der Waals surface area contributed by atoms with Crippen LogP contribution in [0.5, 0.6) is 0 Å². The average Bonchev–Trinajstić information content (AvgIpc) is 2.59. The summed E-state index contributed by atoms with van der Waals surface area (Å²) in [6.07, 6.45) is 2.03. The average molecular weight is 348 g/mol. The maximum atomic E-state index is 12.3. The number of nitrogens with one attached hydrogen (secondary N) is 2. The molecule has 24 heavy (non-hydrogen) atoms. The third-order valence-corrected chi connectivity index (χ3v) is 5.85. The third kappa shape index (κ3) is 4.23. The molecule has 0 bridgehead atoms. The van der Waals surface area contributed by atoms with Gasteiger partial charge in [-0.15, -0.1) is 0 Å². The van der Waals surface area contributed by atoms with Gasteiger partial charge < -0.3 is 5.32 Å². The Morgan fingerprint density at radius 1 is 1.21 bits per heavy atom. The largest absolute Gasteiger partial charge is 0.369 e. The first-order chi connectivity index (χ1) is 11.5. The van der Waals surface area contributed by atoms with Gasteiger partial charge in [0.15, 0.2) is 0 Å². The van der Waals surface area contributed by atoms with Crippen molar-refractivity contribution in [3.05, 3.63) is 36.4 Å². The van der Waals surface area contributed by atoms with Gasteiger partial charge in [0.25, 0.3) is 10.2 Å². The summed E-state index contributed by atoms with van der Waals surface area (Å²) in [5.41, 5.74) is 0.922. The van der Waals surface area contributed by atoms with E-state index in [-0.39, 0.29) is 0 Å². The third-order valence-electron chi connectivity index (χ3n) is 4.27. The summed E-state index contributed by atoms with van der Waals surface area (Å²) in [4.78, 5) is 4.51. The van der Waals surface area contributed by atoms with Gasteiger partial charge in [-0.05, 0) is 37.0 Å². The maximum Gasteiger partial charge on any atom is 0.279 e. The second-order valence-electron chi connectivity index (χ2n) is 6.32. The number of aromatic nitrogens is 1. The zero-order valence-corrected chi connectivity index (χ0v) is 14.7. The van der Waals surface area contributed by atoms with Crippen LogP contribution < -0.4 is 10.0 Å². The molecule has 2 aromatic rings. The molecule has 1 aliphatic rings. The lowest BCUT2D eigenvalue weighted by molar-refractivity contribution is 0.278. The van der Waals surface area contributed by atoms with Crippen LogP contribution in [0.15, 0.2) is 36.4 Å². The smallest absolute Gasteiger partial charge is 0.279 e. The molecule has 1 atom stereocenters. The first kappa shape index (κ1) is 17.1. The molecule has 0 spiro atoms. The Bertz CT molecular complexity index is 794. The highest BCUT2D eigenvalue weighted by molar-refractivity contribution is 7.87. The van der Waals surface area contributed by atoms with E-state index in [1.165, 1.54) is 0 Å². The summed E-state index contributed by atoms with van der Waals surface area (Å²) in [5, 5.41) is 4.25. The maximum absolute atomic E-state index is 12.3. The van der Waals surface area contributed by atoms with Crippen LogP contribution in [0.3, 0.4) is 0 Å². The van der Waals surface area contributed by atoms with Gasteiger partial charge >= 0.3 is 0 Å². The van der Waals surface area contributed by atoms with Crippen molar-refractivity contribution in [2.75, 3.05) is 31.5 Å². The van der Waals surface area contributed by atoms with Gasteiger partial charge in [-0.3, -0.25) is 0 Å². The van der Waals surface area contributed by atoms with Crippen molar-refractivity contribution in [3.8, 4) is 0 Å². The van der Waals surface area contributed by atoms with E-state index >= 15 is 0 Å². The fourth-order valence-corrected chi connectivity index (χ4v) is 4.35. The molecule has 0 amide bonds. The SMILES string of the molecule is CC1CCCN(S(=O)(=O)NCCNc2ccc3ccccc3n2)C1. The zero-order valence-electron chi connectivity index (χ0n) is 13.9. The summed E-state index contributed by atoms with van der Waals surface area (Å²) in [7, 11) is -3.38. The Balaban J connectivity index is 1.50. The van der Waals surface area contributed by atoms with Crippen LogP contribution in [-0.4, -0.2) is 43.9 Å². The van der Waals surface area contributed by atoms with E-state index < -0.39 is 10.2 Å². The minimum Gasteiger partial charge on any atom is -0.369 e. The molecule has 0 saturated carbocycles. The topological polar surface area (TPSA) is 74.3 Å². The van der Waals surface area contributed by atoms with Crippen LogP contribution >= 0.6 is 0 Å². The molecule has 1 fully saturated rings. The lowest BCUT2D eigenvalue weighted by Gasteiger charge is -2.29. The van der Waals surface area contributed by atoms with Gasteiger partial charge in [-0.1, -0.05) is 25.1 Å². The molecule has 1 aromatic heterocycles. The Morgan fingerprint density at radius 2 is 2.04 bits per heavy atom. The van der Waals surface area contributed by atoms with E-state index in [9.17, 15) is 8.42 Å². The fourth-order valence-electron chi connectivity index (χ4n) is 2.99. The van der Waals surface area contributed by atoms with Crippen molar-refractivity contribution >= 4 is 26.9 Å². The minimum atomic E-state index is -3.38. The van der Waals surface area contributed by atoms with Crippen molar-refractivity contribution in [2.24, 2.45) is 5.92 Å². The number of anilines is 1. The minimum absolute atomic E-state index is 0.335. The van der Waals surface area contributed by atoms with E-state index in [0.717, 1.165) is 29.6 Å². The molecule has 6 nitrogen and oxygen atoms in total. The molecule has 1 aromatic carbocycles. The summed E-state index contributed by atoms with van der Waals surface area (Å²) < 4.78 is 28.8. The van der Waals surface area contributed by atoms with Gasteiger partial charge in [0.2, 0.25) is 0 Å². The quantitative estimate of drug-likeness (QED) is 0.785. The summed E-state index contributed by atoms with van der Waals surface area (Å²) in [6, 6.07) is 11.8. The predicted molar refractivity (Wildman–Crippen MR) is 97.1 cm³/mol. The van der Waals surface area contributed by atoms with Crippen molar-refractivity contribution in [1.29, 1.82) is 0 Å². The number of para-hydroxylation sites is 1. The Labute approximate surface area is 143 Å². The number of hydrogen-bond acceptors (Lipinski definition) is 4. The van der Waals surface area contributed by atoms with Crippen molar-refractivity contribution in [2.45, 2.75) is 19.8 Å². The molecule has 130 valence electrons. The first-order valence-corrected chi connectivity index (χ1v) is 9.83. The van der Waals surface area contributed by atoms with Crippen LogP contribution in [0, 0.1) is 5.92 Å². The van der Waals surface area contributed by atoms with Crippen molar-refractivity contribution < 1.29 is 8.42 Å².